The molecule has 0 bridgehead atoms. The van der Waals surface area contributed by atoms with Crippen molar-refractivity contribution in [2.24, 2.45) is 5.92 Å². The Morgan fingerprint density at radius 1 is 1.12 bits per heavy atom. The summed E-state index contributed by atoms with van der Waals surface area (Å²) < 4.78 is 0. The summed E-state index contributed by atoms with van der Waals surface area (Å²) in [7, 11) is 1.74. The average Bonchev–Trinajstić information content (AvgIpc) is 2.82. The van der Waals surface area contributed by atoms with E-state index in [0.717, 1.165) is 18.9 Å². The molecule has 2 fully saturated rings. The summed E-state index contributed by atoms with van der Waals surface area (Å²) in [4.78, 5) is 11.5. The molecule has 16 heavy (non-hydrogen) atoms. The fourth-order valence-electron chi connectivity index (χ4n) is 2.73. The first kappa shape index (κ1) is 12.2. The first-order valence-electron chi connectivity index (χ1n) is 6.35. The molecular weight excluding hydrogens is 220 g/mol. The molecule has 1 unspecified atom stereocenters. The zero-order valence-electron chi connectivity index (χ0n) is 10.00. The maximum Gasteiger partial charge on any atom is 0.222 e. The highest BCUT2D eigenvalue weighted by atomic mass is 32.2. The molecular formula is C12H22N2OS. The van der Waals surface area contributed by atoms with E-state index in [1.807, 2.05) is 0 Å². The smallest absolute Gasteiger partial charge is 0.222 e. The molecule has 1 heterocycles. The van der Waals surface area contributed by atoms with E-state index >= 15 is 0 Å². The number of hydrogen-bond acceptors (Lipinski definition) is 3. The van der Waals surface area contributed by atoms with Gasteiger partial charge in [0.2, 0.25) is 5.91 Å². The van der Waals surface area contributed by atoms with Crippen LogP contribution in [0.3, 0.4) is 0 Å². The van der Waals surface area contributed by atoms with Gasteiger partial charge in [0, 0.05) is 30.8 Å². The quantitative estimate of drug-likeness (QED) is 0.786. The molecule has 2 aliphatic rings. The van der Waals surface area contributed by atoms with Gasteiger partial charge in [-0.25, -0.2) is 0 Å². The van der Waals surface area contributed by atoms with Crippen molar-refractivity contribution in [3.05, 3.63) is 0 Å². The number of carbonyl (C=O) groups excluding carboxylic acids is 1. The third-order valence-electron chi connectivity index (χ3n) is 3.75. The van der Waals surface area contributed by atoms with Gasteiger partial charge >= 0.3 is 0 Å². The molecule has 0 radical (unpaired) electrons. The summed E-state index contributed by atoms with van der Waals surface area (Å²) in [6.45, 7) is 0. The van der Waals surface area contributed by atoms with Gasteiger partial charge in [-0.3, -0.25) is 4.79 Å². The summed E-state index contributed by atoms with van der Waals surface area (Å²) in [6, 6.07) is 1.39. The normalized spacial score (nSPS) is 34.9. The highest BCUT2D eigenvalue weighted by Crippen LogP contribution is 2.26. The van der Waals surface area contributed by atoms with Crippen LogP contribution < -0.4 is 10.6 Å². The van der Waals surface area contributed by atoms with Gasteiger partial charge in [0.15, 0.2) is 0 Å². The molecule has 0 aromatic rings. The van der Waals surface area contributed by atoms with E-state index in [2.05, 4.69) is 22.4 Å². The molecule has 2 rings (SSSR count). The third kappa shape index (κ3) is 3.14. The van der Waals surface area contributed by atoms with E-state index in [-0.39, 0.29) is 11.8 Å². The van der Waals surface area contributed by atoms with E-state index < -0.39 is 0 Å². The van der Waals surface area contributed by atoms with Gasteiger partial charge in [-0.15, -0.1) is 0 Å². The zero-order chi connectivity index (χ0) is 11.4. The molecule has 4 heteroatoms. The van der Waals surface area contributed by atoms with E-state index in [4.69, 9.17) is 0 Å². The van der Waals surface area contributed by atoms with Crippen molar-refractivity contribution in [1.82, 2.24) is 10.6 Å². The lowest BCUT2D eigenvalue weighted by atomic mass is 9.85. The maximum absolute atomic E-state index is 11.5. The summed E-state index contributed by atoms with van der Waals surface area (Å²) in [5.41, 5.74) is 0. The van der Waals surface area contributed by atoms with Gasteiger partial charge < -0.3 is 10.6 Å². The minimum atomic E-state index is 0.231. The third-order valence-corrected chi connectivity index (χ3v) is 4.91. The molecule has 1 amide bonds. The monoisotopic (exact) mass is 242 g/mol. The van der Waals surface area contributed by atoms with E-state index in [1.54, 1.807) is 7.05 Å². The van der Waals surface area contributed by atoms with Crippen LogP contribution >= 0.6 is 11.8 Å². The summed E-state index contributed by atoms with van der Waals surface area (Å²) in [6.07, 6.45) is 5.76. The van der Waals surface area contributed by atoms with Crippen LogP contribution in [0.5, 0.6) is 0 Å². The first-order valence-corrected chi connectivity index (χ1v) is 7.50. The van der Waals surface area contributed by atoms with Gasteiger partial charge in [-0.2, -0.15) is 11.8 Å². The van der Waals surface area contributed by atoms with Crippen molar-refractivity contribution in [2.75, 3.05) is 18.6 Å². The predicted molar refractivity (Wildman–Crippen MR) is 68.7 cm³/mol. The molecule has 1 atom stereocenters. The van der Waals surface area contributed by atoms with Crippen LogP contribution in [-0.4, -0.2) is 36.5 Å². The molecule has 0 spiro atoms. The number of thioether (sulfide) groups is 1. The zero-order valence-corrected chi connectivity index (χ0v) is 10.8. The second-order valence-electron chi connectivity index (χ2n) is 4.89. The second-order valence-corrected chi connectivity index (χ2v) is 6.04. The molecule has 92 valence electrons. The number of rotatable bonds is 3. The van der Waals surface area contributed by atoms with Crippen LogP contribution in [-0.2, 0) is 4.79 Å². The lowest BCUT2D eigenvalue weighted by Gasteiger charge is -2.30. The molecule has 1 aliphatic carbocycles. The Bertz CT molecular complexity index is 233. The molecule has 2 N–H and O–H groups in total. The molecule has 1 saturated heterocycles. The first-order chi connectivity index (χ1) is 7.79. The molecule has 1 saturated carbocycles. The molecule has 3 nitrogen and oxygen atoms in total. The fraction of sp³-hybridized carbons (Fsp3) is 0.917. The Morgan fingerprint density at radius 3 is 2.44 bits per heavy atom. The average molecular weight is 242 g/mol. The van der Waals surface area contributed by atoms with Gasteiger partial charge in [-0.1, -0.05) is 0 Å². The van der Waals surface area contributed by atoms with Gasteiger partial charge in [0.1, 0.15) is 0 Å². The minimum absolute atomic E-state index is 0.231. The lowest BCUT2D eigenvalue weighted by molar-refractivity contribution is -0.125. The summed E-state index contributed by atoms with van der Waals surface area (Å²) in [5, 5.41) is 6.50. The largest absolute Gasteiger partial charge is 0.359 e. The summed E-state index contributed by atoms with van der Waals surface area (Å²) in [5.74, 6) is 3.08. The standard InChI is InChI=1S/C12H22N2OS/c1-13-12(15)9-2-4-10(5-3-9)14-11-6-7-16-8-11/h9-11,14H,2-8H2,1H3,(H,13,15). The Hall–Kier alpha value is -0.220. The number of carbonyl (C=O) groups is 1. The van der Waals surface area contributed by atoms with Crippen molar-refractivity contribution in [2.45, 2.75) is 44.2 Å². The molecule has 0 aromatic carbocycles. The SMILES string of the molecule is CNC(=O)C1CCC(NC2CCSC2)CC1. The second kappa shape index (κ2) is 5.92. The van der Waals surface area contributed by atoms with Crippen LogP contribution in [0.25, 0.3) is 0 Å². The van der Waals surface area contributed by atoms with Gasteiger partial charge in [-0.05, 0) is 37.9 Å². The Balaban J connectivity index is 1.70. The molecule has 1 aliphatic heterocycles. The van der Waals surface area contributed by atoms with Gasteiger partial charge in [0.25, 0.3) is 0 Å². The van der Waals surface area contributed by atoms with Crippen LogP contribution in [0.4, 0.5) is 0 Å². The Labute approximate surface area is 102 Å². The topological polar surface area (TPSA) is 41.1 Å². The van der Waals surface area contributed by atoms with Crippen molar-refractivity contribution in [3.63, 3.8) is 0 Å². The van der Waals surface area contributed by atoms with Crippen LogP contribution in [0.2, 0.25) is 0 Å². The Kier molecular flexibility index (Phi) is 4.53. The highest BCUT2D eigenvalue weighted by Gasteiger charge is 2.27. The number of hydrogen-bond donors (Lipinski definition) is 2. The number of nitrogens with one attached hydrogen (secondary N) is 2. The van der Waals surface area contributed by atoms with Crippen molar-refractivity contribution in [1.29, 1.82) is 0 Å². The van der Waals surface area contributed by atoms with Crippen LogP contribution in [0.15, 0.2) is 0 Å². The maximum atomic E-state index is 11.5. The van der Waals surface area contributed by atoms with E-state index in [9.17, 15) is 4.79 Å². The van der Waals surface area contributed by atoms with Crippen LogP contribution in [0.1, 0.15) is 32.1 Å². The fourth-order valence-corrected chi connectivity index (χ4v) is 3.89. The van der Waals surface area contributed by atoms with E-state index in [1.165, 1.54) is 30.8 Å². The Morgan fingerprint density at radius 2 is 1.88 bits per heavy atom. The molecule has 0 aromatic heterocycles. The predicted octanol–water partition coefficient (Wildman–Crippen LogP) is 1.39. The van der Waals surface area contributed by atoms with Crippen molar-refractivity contribution >= 4 is 17.7 Å². The number of amides is 1. The summed E-state index contributed by atoms with van der Waals surface area (Å²) >= 11 is 2.05. The van der Waals surface area contributed by atoms with E-state index in [0.29, 0.717) is 6.04 Å². The lowest BCUT2D eigenvalue weighted by Crippen LogP contribution is -2.42. The van der Waals surface area contributed by atoms with Crippen LogP contribution in [0, 0.1) is 5.92 Å². The van der Waals surface area contributed by atoms with Gasteiger partial charge in [0.05, 0.1) is 0 Å². The van der Waals surface area contributed by atoms with Crippen molar-refractivity contribution in [3.8, 4) is 0 Å². The van der Waals surface area contributed by atoms with Crippen molar-refractivity contribution < 1.29 is 4.79 Å². The minimum Gasteiger partial charge on any atom is -0.359 e. The highest BCUT2D eigenvalue weighted by molar-refractivity contribution is 7.99.